The number of amides is 2. The van der Waals surface area contributed by atoms with Gasteiger partial charge in [-0.1, -0.05) is 13.2 Å². The fourth-order valence-corrected chi connectivity index (χ4v) is 2.69. The van der Waals surface area contributed by atoms with Crippen LogP contribution in [-0.4, -0.2) is 79.6 Å². The molecule has 1 atom stereocenters. The van der Waals surface area contributed by atoms with E-state index in [1.54, 1.807) is 13.8 Å². The van der Waals surface area contributed by atoms with Crippen molar-refractivity contribution in [3.63, 3.8) is 0 Å². The lowest BCUT2D eigenvalue weighted by molar-refractivity contribution is -0.910. The molecule has 0 rings (SSSR count). The minimum Gasteiger partial charge on any atom is -0.481 e. The maximum Gasteiger partial charge on any atom is 0.303 e. The summed E-state index contributed by atoms with van der Waals surface area (Å²) in [7, 11) is 3.66. The van der Waals surface area contributed by atoms with Gasteiger partial charge in [-0.15, -0.1) is 0 Å². The Morgan fingerprint density at radius 1 is 0.933 bits per heavy atom. The highest BCUT2D eigenvalue weighted by Gasteiger charge is 2.31. The molecule has 2 amide bonds. The first-order valence-electron chi connectivity index (χ1n) is 10.0. The minimum atomic E-state index is -1.01. The van der Waals surface area contributed by atoms with Crippen LogP contribution < -0.4 is 16.0 Å². The predicted octanol–water partition coefficient (Wildman–Crippen LogP) is 0.577. The summed E-state index contributed by atoms with van der Waals surface area (Å²) in [5, 5.41) is 17.7. The maximum absolute atomic E-state index is 12.2. The monoisotopic (exact) mass is 425 g/mol. The average molecular weight is 426 g/mol. The van der Waals surface area contributed by atoms with Gasteiger partial charge in [-0.05, 0) is 26.8 Å². The van der Waals surface area contributed by atoms with E-state index in [0.717, 1.165) is 6.42 Å². The third kappa shape index (κ3) is 12.1. The van der Waals surface area contributed by atoms with Gasteiger partial charge in [-0.3, -0.25) is 19.2 Å². The number of quaternary nitrogens is 1. The second-order valence-electron chi connectivity index (χ2n) is 8.07. The fraction of sp³-hybridized carbons (Fsp3) is 0.619. The van der Waals surface area contributed by atoms with E-state index in [-0.39, 0.29) is 47.6 Å². The van der Waals surface area contributed by atoms with Crippen LogP contribution in [0.4, 0.5) is 0 Å². The summed E-state index contributed by atoms with van der Waals surface area (Å²) in [5.74, 6) is -1.63. The van der Waals surface area contributed by atoms with Crippen LogP contribution in [0.3, 0.4) is 0 Å². The standard InChI is InChI=1S/C21H36N4O5/c1-15(2)20(29)23-12-7-11-22-13-10-18(24-21(30)16(3)4)25(5,6)14-17(26)8-9-19(27)28/h18,22H,1,3,7-14H2,2,4-6H3,(H2-,23,24,27,28,29,30)/p+1. The molecule has 0 aliphatic carbocycles. The van der Waals surface area contributed by atoms with Gasteiger partial charge in [0.1, 0.15) is 6.54 Å². The number of hydrogen-bond acceptors (Lipinski definition) is 5. The lowest BCUT2D eigenvalue weighted by Crippen LogP contribution is -2.60. The normalized spacial score (nSPS) is 12.0. The number of Topliss-reactive ketones (excluding diaryl/α,β-unsaturated/α-hetero) is 1. The molecule has 0 aromatic heterocycles. The number of nitrogens with zero attached hydrogens (tertiary/aromatic N) is 1. The zero-order valence-electron chi connectivity index (χ0n) is 18.7. The van der Waals surface area contributed by atoms with Crippen LogP contribution in [0.15, 0.2) is 24.3 Å². The molecule has 9 nitrogen and oxygen atoms in total. The van der Waals surface area contributed by atoms with E-state index in [4.69, 9.17) is 5.11 Å². The second kappa shape index (κ2) is 13.7. The van der Waals surface area contributed by atoms with Gasteiger partial charge in [0.15, 0.2) is 11.9 Å². The maximum atomic E-state index is 12.2. The van der Waals surface area contributed by atoms with Crippen molar-refractivity contribution in [3.05, 3.63) is 24.3 Å². The molecule has 0 saturated heterocycles. The van der Waals surface area contributed by atoms with Crippen LogP contribution in [-0.2, 0) is 19.2 Å². The number of carbonyl (C=O) groups excluding carboxylic acids is 3. The second-order valence-corrected chi connectivity index (χ2v) is 8.07. The number of nitrogens with one attached hydrogen (secondary N) is 3. The number of carboxylic acids is 1. The lowest BCUT2D eigenvalue weighted by Gasteiger charge is -2.38. The Balaban J connectivity index is 4.65. The van der Waals surface area contributed by atoms with Crippen LogP contribution in [0.5, 0.6) is 0 Å². The summed E-state index contributed by atoms with van der Waals surface area (Å²) < 4.78 is 0.202. The smallest absolute Gasteiger partial charge is 0.303 e. The first-order valence-corrected chi connectivity index (χ1v) is 10.0. The van der Waals surface area contributed by atoms with Gasteiger partial charge >= 0.3 is 5.97 Å². The van der Waals surface area contributed by atoms with E-state index in [1.165, 1.54) is 0 Å². The summed E-state index contributed by atoms with van der Waals surface area (Å²) in [6, 6.07) is 0. The van der Waals surface area contributed by atoms with E-state index < -0.39 is 5.97 Å². The number of ketones is 1. The molecule has 0 fully saturated rings. The molecule has 9 heteroatoms. The van der Waals surface area contributed by atoms with Crippen LogP contribution in [0.2, 0.25) is 0 Å². The van der Waals surface area contributed by atoms with Gasteiger partial charge in [0, 0.05) is 37.1 Å². The highest BCUT2D eigenvalue weighted by atomic mass is 16.4. The Kier molecular flexibility index (Phi) is 12.5. The summed E-state index contributed by atoms with van der Waals surface area (Å²) in [6.45, 7) is 12.4. The quantitative estimate of drug-likeness (QED) is 0.124. The van der Waals surface area contributed by atoms with Gasteiger partial charge in [0.25, 0.3) is 5.91 Å². The van der Waals surface area contributed by atoms with Crippen LogP contribution >= 0.6 is 0 Å². The van der Waals surface area contributed by atoms with Crippen molar-refractivity contribution in [2.75, 3.05) is 40.3 Å². The van der Waals surface area contributed by atoms with Crippen molar-refractivity contribution in [1.29, 1.82) is 0 Å². The average Bonchev–Trinajstić information content (AvgIpc) is 2.63. The van der Waals surface area contributed by atoms with Crippen molar-refractivity contribution in [2.24, 2.45) is 0 Å². The molecule has 0 heterocycles. The van der Waals surface area contributed by atoms with Gasteiger partial charge in [-0.25, -0.2) is 0 Å². The van der Waals surface area contributed by atoms with Crippen LogP contribution in [0.1, 0.15) is 39.5 Å². The van der Waals surface area contributed by atoms with E-state index in [0.29, 0.717) is 37.2 Å². The Morgan fingerprint density at radius 3 is 2.07 bits per heavy atom. The summed E-state index contributed by atoms with van der Waals surface area (Å²) >= 11 is 0. The van der Waals surface area contributed by atoms with Gasteiger partial charge < -0.3 is 25.5 Å². The molecule has 0 spiro atoms. The molecule has 0 aromatic rings. The predicted molar refractivity (Wildman–Crippen MR) is 116 cm³/mol. The molecule has 0 aromatic carbocycles. The molecule has 0 bridgehead atoms. The Hall–Kier alpha value is -2.52. The van der Waals surface area contributed by atoms with E-state index in [2.05, 4.69) is 29.1 Å². The third-order valence-corrected chi connectivity index (χ3v) is 4.53. The van der Waals surface area contributed by atoms with Crippen molar-refractivity contribution in [1.82, 2.24) is 16.0 Å². The molecule has 0 aliphatic rings. The van der Waals surface area contributed by atoms with Crippen molar-refractivity contribution >= 4 is 23.6 Å². The third-order valence-electron chi connectivity index (χ3n) is 4.53. The lowest BCUT2D eigenvalue weighted by atomic mass is 10.1. The molecular formula is C21H37N4O5+. The first-order chi connectivity index (χ1) is 13.9. The van der Waals surface area contributed by atoms with Crippen molar-refractivity contribution < 1.29 is 28.8 Å². The van der Waals surface area contributed by atoms with E-state index in [1.807, 2.05) is 14.1 Å². The molecule has 0 radical (unpaired) electrons. The summed E-state index contributed by atoms with van der Waals surface area (Å²) in [6.07, 6.45) is 0.722. The Labute approximate surface area is 179 Å². The topological polar surface area (TPSA) is 125 Å². The van der Waals surface area contributed by atoms with Crippen LogP contribution in [0, 0.1) is 0 Å². The fourth-order valence-electron chi connectivity index (χ4n) is 2.69. The number of hydrogen-bond donors (Lipinski definition) is 4. The number of carboxylic acid groups (broad SMARTS) is 1. The Morgan fingerprint density at radius 2 is 1.53 bits per heavy atom. The highest BCUT2D eigenvalue weighted by molar-refractivity contribution is 5.92. The molecule has 0 aliphatic heterocycles. The number of carbonyl (C=O) groups is 4. The molecule has 0 saturated carbocycles. The number of likely N-dealkylation sites (N-methyl/N-ethyl adjacent to an activating group) is 1. The van der Waals surface area contributed by atoms with Gasteiger partial charge in [0.2, 0.25) is 5.91 Å². The zero-order chi connectivity index (χ0) is 23.3. The zero-order valence-corrected chi connectivity index (χ0v) is 18.7. The molecule has 170 valence electrons. The van der Waals surface area contributed by atoms with Crippen molar-refractivity contribution in [2.45, 2.75) is 45.7 Å². The van der Waals surface area contributed by atoms with E-state index in [9.17, 15) is 19.2 Å². The molecule has 4 N–H and O–H groups in total. The van der Waals surface area contributed by atoms with Crippen molar-refractivity contribution in [3.8, 4) is 0 Å². The summed E-state index contributed by atoms with van der Waals surface area (Å²) in [5.41, 5.74) is 0.843. The Bertz CT molecular complexity index is 658. The van der Waals surface area contributed by atoms with Gasteiger partial charge in [0.05, 0.1) is 20.5 Å². The molecular weight excluding hydrogens is 388 g/mol. The summed E-state index contributed by atoms with van der Waals surface area (Å²) in [4.78, 5) is 46.4. The van der Waals surface area contributed by atoms with Gasteiger partial charge in [-0.2, -0.15) is 0 Å². The number of aliphatic carboxylic acids is 1. The van der Waals surface area contributed by atoms with Crippen LogP contribution in [0.25, 0.3) is 0 Å². The molecule has 1 unspecified atom stereocenters. The SMILES string of the molecule is C=C(C)C(=O)NCCCNCCC(NC(=O)C(=C)C)[N+](C)(C)CC(=O)CCC(=O)O. The highest BCUT2D eigenvalue weighted by Crippen LogP contribution is 2.11. The first kappa shape index (κ1) is 27.5. The number of rotatable bonds is 16. The molecule has 30 heavy (non-hydrogen) atoms. The minimum absolute atomic E-state index is 0.0354. The van der Waals surface area contributed by atoms with E-state index >= 15 is 0 Å². The largest absolute Gasteiger partial charge is 0.481 e.